The number of nitrogens with one attached hydrogen (secondary N) is 1. The van der Waals surface area contributed by atoms with Gasteiger partial charge in [-0.1, -0.05) is 11.6 Å². The zero-order valence-electron chi connectivity index (χ0n) is 10.3. The number of amides is 2. The molecule has 1 aliphatic rings. The molecule has 1 aliphatic heterocycles. The Kier molecular flexibility index (Phi) is 4.12. The first kappa shape index (κ1) is 14.6. The minimum absolute atomic E-state index is 0.0202. The van der Waals surface area contributed by atoms with E-state index in [2.05, 4.69) is 5.32 Å². The topological polar surface area (TPSA) is 110 Å². The van der Waals surface area contributed by atoms with E-state index in [1.165, 1.54) is 23.1 Å². The molecule has 4 N–H and O–H groups in total. The summed E-state index contributed by atoms with van der Waals surface area (Å²) < 4.78 is 0. The standard InChI is InChI=1S/C12H13ClN2O5/c13-8-2-1-6(3-7(8)11(18)19)14-12(20)15-4-9(16)10(17)5-15/h1-3,9-10,16-17H,4-5H2,(H,14,20)(H,18,19). The highest BCUT2D eigenvalue weighted by molar-refractivity contribution is 6.33. The average molecular weight is 301 g/mol. The van der Waals surface area contributed by atoms with Crippen molar-refractivity contribution in [2.75, 3.05) is 18.4 Å². The van der Waals surface area contributed by atoms with Gasteiger partial charge in [0.25, 0.3) is 0 Å². The van der Waals surface area contributed by atoms with Crippen LogP contribution in [0.5, 0.6) is 0 Å². The number of carboxylic acids is 1. The highest BCUT2D eigenvalue weighted by atomic mass is 35.5. The van der Waals surface area contributed by atoms with Gasteiger partial charge in [-0.25, -0.2) is 9.59 Å². The van der Waals surface area contributed by atoms with E-state index in [1.807, 2.05) is 0 Å². The molecule has 1 aromatic rings. The Morgan fingerprint density at radius 1 is 1.25 bits per heavy atom. The van der Waals surface area contributed by atoms with Crippen molar-refractivity contribution in [3.05, 3.63) is 28.8 Å². The molecule has 1 aromatic carbocycles. The molecule has 0 bridgehead atoms. The molecular weight excluding hydrogens is 288 g/mol. The maximum Gasteiger partial charge on any atom is 0.337 e. The van der Waals surface area contributed by atoms with Crippen LogP contribution in [0.15, 0.2) is 18.2 Å². The van der Waals surface area contributed by atoms with Crippen LogP contribution in [0.2, 0.25) is 5.02 Å². The molecule has 2 rings (SSSR count). The van der Waals surface area contributed by atoms with Gasteiger partial charge in [-0.05, 0) is 18.2 Å². The summed E-state index contributed by atoms with van der Waals surface area (Å²) >= 11 is 5.72. The Bertz CT molecular complexity index is 541. The minimum Gasteiger partial charge on any atom is -0.478 e. The number of carbonyl (C=O) groups excluding carboxylic acids is 1. The smallest absolute Gasteiger partial charge is 0.337 e. The number of aliphatic hydroxyl groups is 2. The van der Waals surface area contributed by atoms with Crippen LogP contribution in [0, 0.1) is 0 Å². The van der Waals surface area contributed by atoms with E-state index in [0.29, 0.717) is 0 Å². The molecule has 8 heteroatoms. The summed E-state index contributed by atoms with van der Waals surface area (Å²) in [6, 6.07) is 3.55. The fourth-order valence-corrected chi connectivity index (χ4v) is 2.10. The minimum atomic E-state index is -1.20. The maximum atomic E-state index is 11.9. The quantitative estimate of drug-likeness (QED) is 0.639. The summed E-state index contributed by atoms with van der Waals surface area (Å²) in [4.78, 5) is 24.1. The fraction of sp³-hybridized carbons (Fsp3) is 0.333. The summed E-state index contributed by atoms with van der Waals surface area (Å²) in [5, 5.41) is 30.2. The number of likely N-dealkylation sites (tertiary alicyclic amines) is 1. The number of carbonyl (C=O) groups is 2. The molecular formula is C12H13ClN2O5. The lowest BCUT2D eigenvalue weighted by Gasteiger charge is -2.16. The van der Waals surface area contributed by atoms with Crippen molar-refractivity contribution < 1.29 is 24.9 Å². The Morgan fingerprint density at radius 2 is 1.85 bits per heavy atom. The summed E-state index contributed by atoms with van der Waals surface area (Å²) in [6.07, 6.45) is -1.94. The van der Waals surface area contributed by atoms with E-state index >= 15 is 0 Å². The van der Waals surface area contributed by atoms with Gasteiger partial charge < -0.3 is 25.5 Å². The van der Waals surface area contributed by atoms with E-state index in [4.69, 9.17) is 16.7 Å². The van der Waals surface area contributed by atoms with Gasteiger partial charge in [-0.2, -0.15) is 0 Å². The van der Waals surface area contributed by atoms with Crippen LogP contribution in [0.4, 0.5) is 10.5 Å². The second-order valence-corrected chi connectivity index (χ2v) is 4.88. The largest absolute Gasteiger partial charge is 0.478 e. The summed E-state index contributed by atoms with van der Waals surface area (Å²) in [6.45, 7) is 0.0404. The van der Waals surface area contributed by atoms with Gasteiger partial charge >= 0.3 is 12.0 Å². The van der Waals surface area contributed by atoms with Crippen molar-refractivity contribution in [3.63, 3.8) is 0 Å². The SMILES string of the molecule is O=C(O)c1cc(NC(=O)N2CC(O)C(O)C2)ccc1Cl. The number of hydrogen-bond donors (Lipinski definition) is 4. The van der Waals surface area contributed by atoms with Crippen LogP contribution in [-0.2, 0) is 0 Å². The number of aromatic carboxylic acids is 1. The van der Waals surface area contributed by atoms with Gasteiger partial charge in [0.1, 0.15) is 0 Å². The van der Waals surface area contributed by atoms with Crippen LogP contribution in [-0.4, -0.2) is 57.5 Å². The Labute approximate surface area is 119 Å². The highest BCUT2D eigenvalue weighted by Gasteiger charge is 2.32. The van der Waals surface area contributed by atoms with Crippen molar-refractivity contribution >= 4 is 29.3 Å². The summed E-state index contributed by atoms with van der Waals surface area (Å²) in [5.41, 5.74) is 0.152. The molecule has 2 unspecified atom stereocenters. The van der Waals surface area contributed by atoms with E-state index < -0.39 is 24.2 Å². The number of aliphatic hydroxyl groups excluding tert-OH is 2. The maximum absolute atomic E-state index is 11.9. The normalized spacial score (nSPS) is 21.9. The molecule has 0 spiro atoms. The highest BCUT2D eigenvalue weighted by Crippen LogP contribution is 2.21. The number of nitrogens with zero attached hydrogens (tertiary/aromatic N) is 1. The number of carboxylic acid groups (broad SMARTS) is 1. The lowest BCUT2D eigenvalue weighted by Crippen LogP contribution is -2.33. The van der Waals surface area contributed by atoms with E-state index in [1.54, 1.807) is 0 Å². The predicted molar refractivity (Wildman–Crippen MR) is 71.0 cm³/mol. The molecule has 7 nitrogen and oxygen atoms in total. The number of rotatable bonds is 2. The molecule has 1 saturated heterocycles. The van der Waals surface area contributed by atoms with Gasteiger partial charge in [0.05, 0.1) is 35.9 Å². The zero-order chi connectivity index (χ0) is 14.9. The van der Waals surface area contributed by atoms with Crippen LogP contribution in [0.3, 0.4) is 0 Å². The number of halogens is 1. The van der Waals surface area contributed by atoms with Crippen molar-refractivity contribution in [1.29, 1.82) is 0 Å². The molecule has 2 atom stereocenters. The molecule has 0 saturated carbocycles. The predicted octanol–water partition coefficient (Wildman–Crippen LogP) is 0.607. The first-order chi connectivity index (χ1) is 9.38. The van der Waals surface area contributed by atoms with E-state index in [0.717, 1.165) is 0 Å². The lowest BCUT2D eigenvalue weighted by atomic mass is 10.2. The van der Waals surface area contributed by atoms with Crippen molar-refractivity contribution in [2.45, 2.75) is 12.2 Å². The Morgan fingerprint density at radius 3 is 2.40 bits per heavy atom. The Hall–Kier alpha value is -1.83. The third kappa shape index (κ3) is 3.01. The molecule has 0 aliphatic carbocycles. The first-order valence-electron chi connectivity index (χ1n) is 5.83. The molecule has 0 aromatic heterocycles. The number of urea groups is 1. The Balaban J connectivity index is 2.09. The van der Waals surface area contributed by atoms with E-state index in [9.17, 15) is 19.8 Å². The second-order valence-electron chi connectivity index (χ2n) is 4.47. The third-order valence-corrected chi connectivity index (χ3v) is 3.32. The molecule has 1 heterocycles. The van der Waals surface area contributed by atoms with Crippen LogP contribution in [0.1, 0.15) is 10.4 Å². The molecule has 0 radical (unpaired) electrons. The molecule has 2 amide bonds. The average Bonchev–Trinajstić information content (AvgIpc) is 2.72. The van der Waals surface area contributed by atoms with Gasteiger partial charge in [-0.3, -0.25) is 0 Å². The van der Waals surface area contributed by atoms with Crippen LogP contribution < -0.4 is 5.32 Å². The van der Waals surface area contributed by atoms with Crippen LogP contribution >= 0.6 is 11.6 Å². The van der Waals surface area contributed by atoms with Gasteiger partial charge in [0, 0.05) is 5.69 Å². The molecule has 108 valence electrons. The zero-order valence-corrected chi connectivity index (χ0v) is 11.0. The fourth-order valence-electron chi connectivity index (χ4n) is 1.90. The number of β-amino-alcohol motifs (C(OH)–C–C–N with tert-alkyl or cyclic N) is 2. The number of anilines is 1. The lowest BCUT2D eigenvalue weighted by molar-refractivity contribution is 0.0572. The van der Waals surface area contributed by atoms with Gasteiger partial charge in [-0.15, -0.1) is 0 Å². The number of hydrogen-bond acceptors (Lipinski definition) is 4. The number of benzene rings is 1. The molecule has 20 heavy (non-hydrogen) atoms. The van der Waals surface area contributed by atoms with Crippen molar-refractivity contribution in [3.8, 4) is 0 Å². The third-order valence-electron chi connectivity index (χ3n) is 2.99. The second kappa shape index (κ2) is 5.66. The monoisotopic (exact) mass is 300 g/mol. The van der Waals surface area contributed by atoms with Crippen molar-refractivity contribution in [1.82, 2.24) is 4.90 Å². The summed E-state index contributed by atoms with van der Waals surface area (Å²) in [7, 11) is 0. The van der Waals surface area contributed by atoms with Crippen LogP contribution in [0.25, 0.3) is 0 Å². The first-order valence-corrected chi connectivity index (χ1v) is 6.21. The van der Waals surface area contributed by atoms with Gasteiger partial charge in [0.15, 0.2) is 0 Å². The van der Waals surface area contributed by atoms with E-state index in [-0.39, 0.29) is 29.4 Å². The molecule has 1 fully saturated rings. The van der Waals surface area contributed by atoms with Gasteiger partial charge in [0.2, 0.25) is 0 Å². The van der Waals surface area contributed by atoms with Crippen molar-refractivity contribution in [2.24, 2.45) is 0 Å². The summed E-state index contributed by atoms with van der Waals surface area (Å²) in [5.74, 6) is -1.20.